The minimum absolute atomic E-state index is 0.177. The van der Waals surface area contributed by atoms with Crippen LogP contribution in [-0.2, 0) is 0 Å². The van der Waals surface area contributed by atoms with Gasteiger partial charge in [0.05, 0.1) is 0 Å². The molecule has 0 radical (unpaired) electrons. The van der Waals surface area contributed by atoms with E-state index in [0.717, 1.165) is 11.3 Å². The Kier molecular flexibility index (Phi) is 3.92. The fourth-order valence-electron chi connectivity index (χ4n) is 1.74. The summed E-state index contributed by atoms with van der Waals surface area (Å²) >= 11 is 4.90. The van der Waals surface area contributed by atoms with Crippen molar-refractivity contribution in [3.05, 3.63) is 65.2 Å². The predicted molar refractivity (Wildman–Crippen MR) is 81.5 cm³/mol. The number of aryl methyl sites for hydroxylation is 1. The van der Waals surface area contributed by atoms with E-state index < -0.39 is 0 Å². The molecule has 2 aromatic rings. The van der Waals surface area contributed by atoms with E-state index in [1.807, 2.05) is 31.2 Å². The molecule has 3 nitrogen and oxygen atoms in total. The van der Waals surface area contributed by atoms with Gasteiger partial charge in [0.25, 0.3) is 5.91 Å². The molecule has 19 heavy (non-hydrogen) atoms. The summed E-state index contributed by atoms with van der Waals surface area (Å²) in [7, 11) is 0. The lowest BCUT2D eigenvalue weighted by atomic mass is 10.1. The summed E-state index contributed by atoms with van der Waals surface area (Å²) < 4.78 is 0. The SMILES string of the molecule is Cc1cccc(NC(=O)c2cccc(C(N)=S)c2)c1. The van der Waals surface area contributed by atoms with Crippen molar-refractivity contribution in [2.75, 3.05) is 5.32 Å². The third-order valence-corrected chi connectivity index (χ3v) is 2.92. The summed E-state index contributed by atoms with van der Waals surface area (Å²) in [4.78, 5) is 12.4. The Morgan fingerprint density at radius 3 is 2.47 bits per heavy atom. The number of carbonyl (C=O) groups excluding carboxylic acids is 1. The maximum absolute atomic E-state index is 12.1. The van der Waals surface area contributed by atoms with Crippen molar-refractivity contribution in [3.63, 3.8) is 0 Å². The summed E-state index contributed by atoms with van der Waals surface area (Å²) in [5.74, 6) is -0.177. The average molecular weight is 270 g/mol. The van der Waals surface area contributed by atoms with Gasteiger partial charge in [0.1, 0.15) is 4.99 Å². The Morgan fingerprint density at radius 1 is 1.11 bits per heavy atom. The van der Waals surface area contributed by atoms with E-state index in [1.54, 1.807) is 24.3 Å². The lowest BCUT2D eigenvalue weighted by molar-refractivity contribution is 0.102. The molecule has 3 N–H and O–H groups in total. The molecule has 0 aliphatic heterocycles. The molecular weight excluding hydrogens is 256 g/mol. The molecule has 0 aliphatic carbocycles. The molecular formula is C15H14N2OS. The van der Waals surface area contributed by atoms with Crippen LogP contribution in [0.25, 0.3) is 0 Å². The van der Waals surface area contributed by atoms with Crippen LogP contribution >= 0.6 is 12.2 Å². The molecule has 2 aromatic carbocycles. The molecule has 0 spiro atoms. The second kappa shape index (κ2) is 5.63. The van der Waals surface area contributed by atoms with Crippen molar-refractivity contribution in [3.8, 4) is 0 Å². The van der Waals surface area contributed by atoms with E-state index in [2.05, 4.69) is 5.32 Å². The fourth-order valence-corrected chi connectivity index (χ4v) is 1.87. The molecule has 0 aliphatic rings. The Bertz CT molecular complexity index is 638. The van der Waals surface area contributed by atoms with Gasteiger partial charge in [0, 0.05) is 16.8 Å². The second-order valence-corrected chi connectivity index (χ2v) is 4.71. The molecule has 96 valence electrons. The third-order valence-electron chi connectivity index (χ3n) is 2.69. The van der Waals surface area contributed by atoms with Crippen molar-refractivity contribution >= 4 is 28.8 Å². The summed E-state index contributed by atoms with van der Waals surface area (Å²) in [6.07, 6.45) is 0. The van der Waals surface area contributed by atoms with Gasteiger partial charge in [-0.05, 0) is 36.8 Å². The quantitative estimate of drug-likeness (QED) is 0.843. The van der Waals surface area contributed by atoms with Crippen molar-refractivity contribution < 1.29 is 4.79 Å². The van der Waals surface area contributed by atoms with Gasteiger partial charge in [-0.2, -0.15) is 0 Å². The number of carbonyl (C=O) groups is 1. The van der Waals surface area contributed by atoms with Crippen LogP contribution in [0.15, 0.2) is 48.5 Å². The van der Waals surface area contributed by atoms with Crippen LogP contribution in [0.5, 0.6) is 0 Å². The van der Waals surface area contributed by atoms with Gasteiger partial charge in [-0.25, -0.2) is 0 Å². The molecule has 0 heterocycles. The van der Waals surface area contributed by atoms with Crippen molar-refractivity contribution in [1.29, 1.82) is 0 Å². The molecule has 0 saturated heterocycles. The predicted octanol–water partition coefficient (Wildman–Crippen LogP) is 2.88. The number of anilines is 1. The highest BCUT2D eigenvalue weighted by atomic mass is 32.1. The zero-order valence-electron chi connectivity index (χ0n) is 10.5. The van der Waals surface area contributed by atoms with Gasteiger partial charge in [0.15, 0.2) is 0 Å². The number of nitrogens with two attached hydrogens (primary N) is 1. The van der Waals surface area contributed by atoms with Crippen molar-refractivity contribution in [2.24, 2.45) is 5.73 Å². The maximum atomic E-state index is 12.1. The number of hydrogen-bond acceptors (Lipinski definition) is 2. The minimum Gasteiger partial charge on any atom is -0.389 e. The number of hydrogen-bond donors (Lipinski definition) is 2. The van der Waals surface area contributed by atoms with E-state index in [4.69, 9.17) is 18.0 Å². The first kappa shape index (κ1) is 13.2. The van der Waals surface area contributed by atoms with Crippen LogP contribution in [0.2, 0.25) is 0 Å². The number of nitrogens with one attached hydrogen (secondary N) is 1. The zero-order valence-corrected chi connectivity index (χ0v) is 11.3. The van der Waals surface area contributed by atoms with Gasteiger partial charge >= 0.3 is 0 Å². The maximum Gasteiger partial charge on any atom is 0.255 e. The van der Waals surface area contributed by atoms with E-state index in [-0.39, 0.29) is 10.9 Å². The van der Waals surface area contributed by atoms with E-state index >= 15 is 0 Å². The molecule has 0 atom stereocenters. The number of amides is 1. The molecule has 4 heteroatoms. The van der Waals surface area contributed by atoms with Crippen LogP contribution in [0.1, 0.15) is 21.5 Å². The Hall–Kier alpha value is -2.20. The number of thiocarbonyl (C=S) groups is 1. The molecule has 0 fully saturated rings. The molecule has 0 aromatic heterocycles. The number of benzene rings is 2. The lowest BCUT2D eigenvalue weighted by Crippen LogP contribution is -2.14. The highest BCUT2D eigenvalue weighted by molar-refractivity contribution is 7.80. The molecule has 0 unspecified atom stereocenters. The molecule has 2 rings (SSSR count). The van der Waals surface area contributed by atoms with Gasteiger partial charge in [-0.3, -0.25) is 4.79 Å². The van der Waals surface area contributed by atoms with Crippen LogP contribution in [0.4, 0.5) is 5.69 Å². The largest absolute Gasteiger partial charge is 0.389 e. The summed E-state index contributed by atoms with van der Waals surface area (Å²) in [6.45, 7) is 1.98. The highest BCUT2D eigenvalue weighted by Gasteiger charge is 2.07. The normalized spacial score (nSPS) is 9.95. The first-order valence-electron chi connectivity index (χ1n) is 5.84. The summed E-state index contributed by atoms with van der Waals surface area (Å²) in [5, 5.41) is 2.84. The minimum atomic E-state index is -0.177. The Labute approximate surface area is 117 Å². The van der Waals surface area contributed by atoms with E-state index in [9.17, 15) is 4.79 Å². The highest BCUT2D eigenvalue weighted by Crippen LogP contribution is 2.12. The van der Waals surface area contributed by atoms with Crippen LogP contribution in [0, 0.1) is 6.92 Å². The topological polar surface area (TPSA) is 55.1 Å². The summed E-state index contributed by atoms with van der Waals surface area (Å²) in [5.41, 5.74) is 8.64. The van der Waals surface area contributed by atoms with Gasteiger partial charge in [-0.15, -0.1) is 0 Å². The standard InChI is InChI=1S/C15H14N2OS/c1-10-4-2-7-13(8-10)17-15(18)12-6-3-5-11(9-12)14(16)19/h2-9H,1H3,(H2,16,19)(H,17,18). The third kappa shape index (κ3) is 3.39. The average Bonchev–Trinajstić information content (AvgIpc) is 2.39. The van der Waals surface area contributed by atoms with Crippen molar-refractivity contribution in [2.45, 2.75) is 6.92 Å². The number of rotatable bonds is 3. The zero-order chi connectivity index (χ0) is 13.8. The fraction of sp³-hybridized carbons (Fsp3) is 0.0667. The molecule has 1 amide bonds. The monoisotopic (exact) mass is 270 g/mol. The van der Waals surface area contributed by atoms with Gasteiger partial charge in [0.2, 0.25) is 0 Å². The second-order valence-electron chi connectivity index (χ2n) is 4.27. The lowest BCUT2D eigenvalue weighted by Gasteiger charge is -2.07. The Balaban J connectivity index is 2.20. The van der Waals surface area contributed by atoms with Crippen molar-refractivity contribution in [1.82, 2.24) is 0 Å². The van der Waals surface area contributed by atoms with E-state index in [0.29, 0.717) is 11.1 Å². The van der Waals surface area contributed by atoms with Crippen LogP contribution in [0.3, 0.4) is 0 Å². The van der Waals surface area contributed by atoms with Gasteiger partial charge < -0.3 is 11.1 Å². The first-order chi connectivity index (χ1) is 9.06. The summed E-state index contributed by atoms with van der Waals surface area (Å²) in [6, 6.07) is 14.6. The van der Waals surface area contributed by atoms with E-state index in [1.165, 1.54) is 0 Å². The van der Waals surface area contributed by atoms with Crippen LogP contribution < -0.4 is 11.1 Å². The Morgan fingerprint density at radius 2 is 1.79 bits per heavy atom. The molecule has 0 bridgehead atoms. The van der Waals surface area contributed by atoms with Gasteiger partial charge in [-0.1, -0.05) is 36.5 Å². The first-order valence-corrected chi connectivity index (χ1v) is 6.25. The molecule has 0 saturated carbocycles. The van der Waals surface area contributed by atoms with Crippen LogP contribution in [-0.4, -0.2) is 10.9 Å². The smallest absolute Gasteiger partial charge is 0.255 e.